The molecule has 3 aromatic carbocycles. The van der Waals surface area contributed by atoms with Gasteiger partial charge in [-0.15, -0.1) is 0 Å². The van der Waals surface area contributed by atoms with Crippen LogP contribution in [-0.4, -0.2) is 12.4 Å². The Balaban J connectivity index is 1.87. The van der Waals surface area contributed by atoms with Gasteiger partial charge in [-0.05, 0) is 36.2 Å². The van der Waals surface area contributed by atoms with Crippen molar-refractivity contribution in [3.63, 3.8) is 0 Å². The first kappa shape index (κ1) is 16.1. The Morgan fingerprint density at radius 2 is 1.59 bits per heavy atom. The number of nitrogens with zero attached hydrogens (tertiary/aromatic N) is 1. The normalized spacial score (nSPS) is 13.1. The highest BCUT2D eigenvalue weighted by molar-refractivity contribution is 7.90. The Labute approximate surface area is 157 Å². The molecule has 0 atom stereocenters. The van der Waals surface area contributed by atoms with Crippen molar-refractivity contribution >= 4 is 20.9 Å². The van der Waals surface area contributed by atoms with Crippen LogP contribution in [0.3, 0.4) is 0 Å². The summed E-state index contributed by atoms with van der Waals surface area (Å²) in [6.45, 7) is 2.28. The first-order valence-corrected chi connectivity index (χ1v) is 10.2. The van der Waals surface area contributed by atoms with Crippen LogP contribution in [0.2, 0.25) is 0 Å². The third-order valence-electron chi connectivity index (χ3n) is 5.00. The van der Waals surface area contributed by atoms with Crippen molar-refractivity contribution in [3.8, 4) is 17.0 Å². The average molecular weight is 375 g/mol. The van der Waals surface area contributed by atoms with Gasteiger partial charge < -0.3 is 4.74 Å². The second kappa shape index (κ2) is 5.72. The van der Waals surface area contributed by atoms with Crippen molar-refractivity contribution in [2.75, 3.05) is 0 Å². The van der Waals surface area contributed by atoms with E-state index < -0.39 is 10.0 Å². The first-order valence-electron chi connectivity index (χ1n) is 8.74. The number of hydrogen-bond acceptors (Lipinski definition) is 3. The lowest BCUT2D eigenvalue weighted by Gasteiger charge is -2.20. The number of para-hydroxylation sites is 1. The fourth-order valence-electron chi connectivity index (χ4n) is 3.67. The highest BCUT2D eigenvalue weighted by Gasteiger charge is 2.31. The lowest BCUT2D eigenvalue weighted by atomic mass is 9.98. The topological polar surface area (TPSA) is 48.3 Å². The fourth-order valence-corrected chi connectivity index (χ4v) is 5.14. The third kappa shape index (κ3) is 2.32. The molecule has 0 unspecified atom stereocenters. The van der Waals surface area contributed by atoms with E-state index in [-0.39, 0.29) is 4.90 Å². The summed E-state index contributed by atoms with van der Waals surface area (Å²) in [6, 6.07) is 22.4. The number of aryl methyl sites for hydroxylation is 1. The van der Waals surface area contributed by atoms with E-state index in [1.54, 1.807) is 24.3 Å². The van der Waals surface area contributed by atoms with Crippen molar-refractivity contribution in [1.82, 2.24) is 3.97 Å². The van der Waals surface area contributed by atoms with E-state index in [0.29, 0.717) is 18.0 Å². The van der Waals surface area contributed by atoms with E-state index in [4.69, 9.17) is 4.74 Å². The third-order valence-corrected chi connectivity index (χ3v) is 6.71. The van der Waals surface area contributed by atoms with Gasteiger partial charge in [0.2, 0.25) is 5.88 Å². The number of aromatic nitrogens is 1. The Morgan fingerprint density at radius 1 is 0.889 bits per heavy atom. The summed E-state index contributed by atoms with van der Waals surface area (Å²) < 4.78 is 34.3. The summed E-state index contributed by atoms with van der Waals surface area (Å²) in [5.41, 5.74) is 4.55. The molecular formula is C22H17NO3S. The summed E-state index contributed by atoms with van der Waals surface area (Å²) in [7, 11) is -3.79. The van der Waals surface area contributed by atoms with E-state index in [1.807, 2.05) is 55.5 Å². The van der Waals surface area contributed by atoms with Crippen LogP contribution in [0.1, 0.15) is 11.1 Å². The predicted octanol–water partition coefficient (Wildman–Crippen LogP) is 4.75. The molecule has 27 heavy (non-hydrogen) atoms. The molecule has 0 radical (unpaired) electrons. The zero-order valence-electron chi connectivity index (χ0n) is 14.7. The van der Waals surface area contributed by atoms with Crippen LogP contribution in [0.15, 0.2) is 77.7 Å². The van der Waals surface area contributed by atoms with Crippen LogP contribution in [0.25, 0.3) is 22.0 Å². The molecule has 4 aromatic rings. The van der Waals surface area contributed by atoms with Crippen LogP contribution in [0.4, 0.5) is 0 Å². The highest BCUT2D eigenvalue weighted by Crippen LogP contribution is 2.46. The average Bonchev–Trinajstić information content (AvgIpc) is 3.04. The zero-order chi connectivity index (χ0) is 18.6. The number of fused-ring (bicyclic) bond motifs is 5. The maximum Gasteiger partial charge on any atom is 0.271 e. The number of benzene rings is 3. The minimum absolute atomic E-state index is 0.249. The maximum atomic E-state index is 13.5. The minimum atomic E-state index is -3.79. The summed E-state index contributed by atoms with van der Waals surface area (Å²) in [5.74, 6) is 0.385. The van der Waals surface area contributed by atoms with Gasteiger partial charge in [0, 0.05) is 5.39 Å². The number of hydrogen-bond donors (Lipinski definition) is 0. The first-order chi connectivity index (χ1) is 13.1. The molecule has 134 valence electrons. The quantitative estimate of drug-likeness (QED) is 0.508. The van der Waals surface area contributed by atoms with Gasteiger partial charge in [0.1, 0.15) is 6.61 Å². The van der Waals surface area contributed by atoms with E-state index in [2.05, 4.69) is 0 Å². The van der Waals surface area contributed by atoms with Crippen LogP contribution >= 0.6 is 0 Å². The van der Waals surface area contributed by atoms with Gasteiger partial charge in [-0.1, -0.05) is 60.2 Å². The second-order valence-electron chi connectivity index (χ2n) is 6.73. The smallest absolute Gasteiger partial charge is 0.271 e. The van der Waals surface area contributed by atoms with Crippen LogP contribution in [0.5, 0.6) is 5.88 Å². The Bertz CT molecular complexity index is 1290. The highest BCUT2D eigenvalue weighted by atomic mass is 32.2. The van der Waals surface area contributed by atoms with Crippen molar-refractivity contribution in [1.29, 1.82) is 0 Å². The molecule has 5 rings (SSSR count). The Morgan fingerprint density at radius 3 is 2.41 bits per heavy atom. The van der Waals surface area contributed by atoms with Gasteiger partial charge in [0.25, 0.3) is 10.0 Å². The standard InChI is InChI=1S/C22H17NO3S/c1-15-10-12-17(13-11-15)27(24,25)23-20-9-5-4-8-19(20)21-18-7-3-2-6-16(18)14-26-22(21)23/h2-13H,14H2,1H3. The van der Waals surface area contributed by atoms with E-state index in [0.717, 1.165) is 27.6 Å². The van der Waals surface area contributed by atoms with Gasteiger partial charge in [-0.2, -0.15) is 0 Å². The van der Waals surface area contributed by atoms with Crippen molar-refractivity contribution in [3.05, 3.63) is 83.9 Å². The SMILES string of the molecule is Cc1ccc(S(=O)(=O)n2c3c(c4ccccc42)-c2ccccc2CO3)cc1. The number of rotatable bonds is 2. The molecule has 0 saturated heterocycles. The lowest BCUT2D eigenvalue weighted by Crippen LogP contribution is -2.16. The maximum absolute atomic E-state index is 13.5. The van der Waals surface area contributed by atoms with E-state index >= 15 is 0 Å². The Kier molecular flexibility index (Phi) is 3.42. The molecule has 1 aliphatic heterocycles. The van der Waals surface area contributed by atoms with Crippen molar-refractivity contribution in [2.45, 2.75) is 18.4 Å². The molecule has 1 aromatic heterocycles. The zero-order valence-corrected chi connectivity index (χ0v) is 15.5. The van der Waals surface area contributed by atoms with Gasteiger partial charge >= 0.3 is 0 Å². The largest absolute Gasteiger partial charge is 0.473 e. The molecule has 0 fully saturated rings. The molecule has 5 heteroatoms. The lowest BCUT2D eigenvalue weighted by molar-refractivity contribution is 0.288. The monoisotopic (exact) mass is 375 g/mol. The van der Waals surface area contributed by atoms with Gasteiger partial charge in [-0.25, -0.2) is 12.4 Å². The molecule has 1 aliphatic rings. The van der Waals surface area contributed by atoms with Crippen LogP contribution in [-0.2, 0) is 16.6 Å². The summed E-state index contributed by atoms with van der Waals surface area (Å²) in [4.78, 5) is 0.249. The van der Waals surface area contributed by atoms with Crippen molar-refractivity contribution in [2.24, 2.45) is 0 Å². The molecule has 2 heterocycles. The second-order valence-corrected chi connectivity index (χ2v) is 8.51. The molecule has 0 spiro atoms. The summed E-state index contributed by atoms with van der Waals surface area (Å²) >= 11 is 0. The van der Waals surface area contributed by atoms with E-state index in [9.17, 15) is 8.42 Å². The van der Waals surface area contributed by atoms with Crippen molar-refractivity contribution < 1.29 is 13.2 Å². The molecule has 0 bridgehead atoms. The Hall–Kier alpha value is -3.05. The minimum Gasteiger partial charge on any atom is -0.473 e. The van der Waals surface area contributed by atoms with Crippen LogP contribution < -0.4 is 4.74 Å². The molecule has 0 aliphatic carbocycles. The molecule has 0 saturated carbocycles. The fraction of sp³-hybridized carbons (Fsp3) is 0.0909. The number of ether oxygens (including phenoxy) is 1. The van der Waals surface area contributed by atoms with Gasteiger partial charge in [-0.3, -0.25) is 0 Å². The predicted molar refractivity (Wildman–Crippen MR) is 105 cm³/mol. The van der Waals surface area contributed by atoms with Crippen LogP contribution in [0, 0.1) is 6.92 Å². The van der Waals surface area contributed by atoms with E-state index in [1.165, 1.54) is 3.97 Å². The molecule has 0 N–H and O–H groups in total. The van der Waals surface area contributed by atoms with Gasteiger partial charge in [0.15, 0.2) is 0 Å². The molecular weight excluding hydrogens is 358 g/mol. The molecule has 4 nitrogen and oxygen atoms in total. The summed E-state index contributed by atoms with van der Waals surface area (Å²) in [5, 5.41) is 0.871. The summed E-state index contributed by atoms with van der Waals surface area (Å²) in [6.07, 6.45) is 0. The van der Waals surface area contributed by atoms with Gasteiger partial charge in [0.05, 0.1) is 16.0 Å². The molecule has 0 amide bonds.